The zero-order chi connectivity index (χ0) is 18.0. The molecule has 1 aliphatic rings. The van der Waals surface area contributed by atoms with Crippen LogP contribution < -0.4 is 4.90 Å². The number of rotatable bonds is 4. The maximum Gasteiger partial charge on any atom is 0.311 e. The number of nitrogens with zero attached hydrogens (tertiary/aromatic N) is 4. The predicted octanol–water partition coefficient (Wildman–Crippen LogP) is 1.64. The van der Waals surface area contributed by atoms with Crippen molar-refractivity contribution in [2.24, 2.45) is 0 Å². The summed E-state index contributed by atoms with van der Waals surface area (Å²) in [4.78, 5) is 16.4. The highest BCUT2D eigenvalue weighted by molar-refractivity contribution is 7.89. The number of benzene rings is 1. The van der Waals surface area contributed by atoms with Gasteiger partial charge in [0.05, 0.1) is 9.82 Å². The number of halogens is 1. The van der Waals surface area contributed by atoms with Crippen LogP contribution in [0.3, 0.4) is 0 Å². The average Bonchev–Trinajstić information content (AvgIpc) is 2.62. The van der Waals surface area contributed by atoms with Crippen LogP contribution in [0.15, 0.2) is 47.5 Å². The summed E-state index contributed by atoms with van der Waals surface area (Å²) in [5, 5.41) is 11.1. The molecule has 0 saturated carbocycles. The molecule has 0 unspecified atom stereocenters. The molecule has 3 rings (SSSR count). The molecule has 0 atom stereocenters. The molecular weight excluding hydrogens is 351 g/mol. The molecule has 25 heavy (non-hydrogen) atoms. The second-order valence-electron chi connectivity index (χ2n) is 5.45. The molecule has 0 N–H and O–H groups in total. The van der Waals surface area contributed by atoms with Crippen LogP contribution in [0.4, 0.5) is 15.9 Å². The zero-order valence-corrected chi connectivity index (χ0v) is 13.9. The molecule has 1 saturated heterocycles. The fourth-order valence-electron chi connectivity index (χ4n) is 2.67. The molecule has 1 aromatic carbocycles. The number of sulfonamides is 1. The number of hydrogen-bond donors (Lipinski definition) is 0. The van der Waals surface area contributed by atoms with Gasteiger partial charge in [-0.1, -0.05) is 0 Å². The van der Waals surface area contributed by atoms with Crippen LogP contribution in [0, 0.1) is 15.9 Å². The number of hydrogen-bond acceptors (Lipinski definition) is 6. The van der Waals surface area contributed by atoms with Gasteiger partial charge in [0, 0.05) is 38.4 Å². The van der Waals surface area contributed by atoms with Gasteiger partial charge in [-0.25, -0.2) is 17.8 Å². The van der Waals surface area contributed by atoms with Gasteiger partial charge in [-0.3, -0.25) is 10.1 Å². The van der Waals surface area contributed by atoms with Crippen molar-refractivity contribution in [3.63, 3.8) is 0 Å². The molecule has 1 fully saturated rings. The highest BCUT2D eigenvalue weighted by atomic mass is 32.2. The Morgan fingerprint density at radius 2 is 1.72 bits per heavy atom. The highest BCUT2D eigenvalue weighted by Gasteiger charge is 2.31. The zero-order valence-electron chi connectivity index (χ0n) is 13.1. The minimum absolute atomic E-state index is 0.0196. The molecule has 1 aliphatic heterocycles. The summed E-state index contributed by atoms with van der Waals surface area (Å²) in [6.45, 7) is 0.872. The second kappa shape index (κ2) is 6.73. The smallest absolute Gasteiger partial charge is 0.311 e. The number of pyridine rings is 1. The molecule has 0 bridgehead atoms. The third kappa shape index (κ3) is 3.44. The van der Waals surface area contributed by atoms with Gasteiger partial charge in [0.25, 0.3) is 0 Å². The summed E-state index contributed by atoms with van der Waals surface area (Å²) in [5.74, 6) is -0.280. The van der Waals surface area contributed by atoms with Gasteiger partial charge in [0.1, 0.15) is 5.82 Å². The first kappa shape index (κ1) is 17.2. The van der Waals surface area contributed by atoms with E-state index in [1.807, 2.05) is 0 Å². The summed E-state index contributed by atoms with van der Waals surface area (Å²) in [5.41, 5.74) is -0.114. The quantitative estimate of drug-likeness (QED) is 0.603. The number of aromatic nitrogens is 1. The molecular formula is C15H15FN4O4S. The summed E-state index contributed by atoms with van der Waals surface area (Å²) < 4.78 is 39.4. The monoisotopic (exact) mass is 366 g/mol. The maximum absolute atomic E-state index is 13.0. The number of anilines is 1. The molecule has 2 heterocycles. The van der Waals surface area contributed by atoms with Crippen molar-refractivity contribution in [1.82, 2.24) is 9.29 Å². The van der Waals surface area contributed by atoms with Crippen LogP contribution in [0.2, 0.25) is 0 Å². The van der Waals surface area contributed by atoms with Crippen LogP contribution >= 0.6 is 0 Å². The van der Waals surface area contributed by atoms with Gasteiger partial charge in [-0.05, 0) is 30.3 Å². The lowest BCUT2D eigenvalue weighted by molar-refractivity contribution is -0.384. The van der Waals surface area contributed by atoms with Crippen LogP contribution in [0.1, 0.15) is 0 Å². The van der Waals surface area contributed by atoms with Crippen molar-refractivity contribution in [3.8, 4) is 0 Å². The van der Waals surface area contributed by atoms with E-state index in [2.05, 4.69) is 4.98 Å². The van der Waals surface area contributed by atoms with E-state index in [-0.39, 0.29) is 42.6 Å². The SMILES string of the molecule is O=[N+]([O-])c1cccnc1N1CCN(S(=O)(=O)c2ccc(F)cc2)CC1. The average molecular weight is 366 g/mol. The first-order chi connectivity index (χ1) is 11.9. The van der Waals surface area contributed by atoms with Gasteiger partial charge >= 0.3 is 5.69 Å². The Bertz CT molecular complexity index is 881. The summed E-state index contributed by atoms with van der Waals surface area (Å²) in [7, 11) is -3.73. The lowest BCUT2D eigenvalue weighted by atomic mass is 10.3. The molecule has 0 aliphatic carbocycles. The molecule has 0 amide bonds. The lowest BCUT2D eigenvalue weighted by Gasteiger charge is -2.34. The number of nitro groups is 1. The van der Waals surface area contributed by atoms with E-state index in [9.17, 15) is 22.9 Å². The topological polar surface area (TPSA) is 96.7 Å². The normalized spacial score (nSPS) is 16.0. The predicted molar refractivity (Wildman–Crippen MR) is 88.3 cm³/mol. The van der Waals surface area contributed by atoms with Crippen LogP contribution in [0.5, 0.6) is 0 Å². The van der Waals surface area contributed by atoms with E-state index in [1.54, 1.807) is 4.90 Å². The fourth-order valence-corrected chi connectivity index (χ4v) is 4.09. The first-order valence-electron chi connectivity index (χ1n) is 7.49. The Balaban J connectivity index is 1.76. The largest absolute Gasteiger partial charge is 0.348 e. The molecule has 8 nitrogen and oxygen atoms in total. The van der Waals surface area contributed by atoms with Gasteiger partial charge in [-0.15, -0.1) is 0 Å². The Morgan fingerprint density at radius 3 is 2.32 bits per heavy atom. The van der Waals surface area contributed by atoms with Crippen molar-refractivity contribution in [3.05, 3.63) is 58.5 Å². The summed E-state index contributed by atoms with van der Waals surface area (Å²) in [6.07, 6.45) is 1.46. The lowest BCUT2D eigenvalue weighted by Crippen LogP contribution is -2.49. The Morgan fingerprint density at radius 1 is 1.08 bits per heavy atom. The standard InChI is InChI=1S/C15H15FN4O4S/c16-12-3-5-13(6-4-12)25(23,24)19-10-8-18(9-11-19)15-14(20(21)22)2-1-7-17-15/h1-7H,8-11H2. The van der Waals surface area contributed by atoms with Crippen molar-refractivity contribution in [2.45, 2.75) is 4.90 Å². The number of piperazine rings is 1. The van der Waals surface area contributed by atoms with Crippen LogP contribution in [-0.2, 0) is 10.0 Å². The van der Waals surface area contributed by atoms with Gasteiger partial charge < -0.3 is 4.90 Å². The molecule has 0 spiro atoms. The Hall–Kier alpha value is -2.59. The van der Waals surface area contributed by atoms with E-state index in [0.29, 0.717) is 0 Å². The van der Waals surface area contributed by atoms with E-state index in [4.69, 9.17) is 0 Å². The second-order valence-corrected chi connectivity index (χ2v) is 7.39. The van der Waals surface area contributed by atoms with Crippen molar-refractivity contribution < 1.29 is 17.7 Å². The van der Waals surface area contributed by atoms with Gasteiger partial charge in [0.15, 0.2) is 0 Å². The fraction of sp³-hybridized carbons (Fsp3) is 0.267. The Kier molecular flexibility index (Phi) is 4.64. The van der Waals surface area contributed by atoms with Crippen molar-refractivity contribution in [1.29, 1.82) is 0 Å². The van der Waals surface area contributed by atoms with E-state index < -0.39 is 20.8 Å². The minimum Gasteiger partial charge on any atom is -0.348 e. The maximum atomic E-state index is 13.0. The van der Waals surface area contributed by atoms with Crippen molar-refractivity contribution in [2.75, 3.05) is 31.1 Å². The van der Waals surface area contributed by atoms with Crippen molar-refractivity contribution >= 4 is 21.5 Å². The molecule has 2 aromatic rings. The molecule has 10 heteroatoms. The third-order valence-corrected chi connectivity index (χ3v) is 5.87. The highest BCUT2D eigenvalue weighted by Crippen LogP contribution is 2.27. The Labute approximate surface area is 143 Å². The summed E-state index contributed by atoms with van der Waals surface area (Å²) in [6, 6.07) is 7.49. The van der Waals surface area contributed by atoms with Crippen LogP contribution in [0.25, 0.3) is 0 Å². The molecule has 1 aromatic heterocycles. The van der Waals surface area contributed by atoms with E-state index in [0.717, 1.165) is 12.1 Å². The van der Waals surface area contributed by atoms with E-state index >= 15 is 0 Å². The molecule has 0 radical (unpaired) electrons. The summed E-state index contributed by atoms with van der Waals surface area (Å²) >= 11 is 0. The third-order valence-electron chi connectivity index (χ3n) is 3.95. The van der Waals surface area contributed by atoms with Crippen LogP contribution in [-0.4, -0.2) is 48.8 Å². The minimum atomic E-state index is -3.73. The molecule has 132 valence electrons. The van der Waals surface area contributed by atoms with Gasteiger partial charge in [-0.2, -0.15) is 4.31 Å². The van der Waals surface area contributed by atoms with Gasteiger partial charge in [0.2, 0.25) is 15.8 Å². The van der Waals surface area contributed by atoms with E-state index in [1.165, 1.54) is 34.8 Å². The first-order valence-corrected chi connectivity index (χ1v) is 8.93.